The Labute approximate surface area is 119 Å². The SMILES string of the molecule is CS(=O)(=O)CCC(NC(=O)NCCC1CCC1)C(=O)O. The van der Waals surface area contributed by atoms with E-state index in [9.17, 15) is 18.0 Å². The average molecular weight is 306 g/mol. The van der Waals surface area contributed by atoms with Crippen LogP contribution < -0.4 is 10.6 Å². The van der Waals surface area contributed by atoms with Gasteiger partial charge >= 0.3 is 12.0 Å². The van der Waals surface area contributed by atoms with Gasteiger partial charge in [0.1, 0.15) is 15.9 Å². The van der Waals surface area contributed by atoms with Gasteiger partial charge in [-0.25, -0.2) is 18.0 Å². The Bertz CT molecular complexity index is 445. The number of carbonyl (C=O) groups is 2. The van der Waals surface area contributed by atoms with Crippen molar-refractivity contribution in [2.45, 2.75) is 38.1 Å². The maximum atomic E-state index is 11.5. The summed E-state index contributed by atoms with van der Waals surface area (Å²) >= 11 is 0. The summed E-state index contributed by atoms with van der Waals surface area (Å²) in [5.41, 5.74) is 0. The fourth-order valence-corrected chi connectivity index (χ4v) is 2.63. The van der Waals surface area contributed by atoms with E-state index in [2.05, 4.69) is 10.6 Å². The Morgan fingerprint density at radius 2 is 2.00 bits per heavy atom. The first kappa shape index (κ1) is 16.7. The Morgan fingerprint density at radius 3 is 2.45 bits per heavy atom. The Morgan fingerprint density at radius 1 is 1.35 bits per heavy atom. The summed E-state index contributed by atoms with van der Waals surface area (Å²) in [4.78, 5) is 22.5. The lowest BCUT2D eigenvalue weighted by molar-refractivity contribution is -0.139. The van der Waals surface area contributed by atoms with Gasteiger partial charge in [-0.2, -0.15) is 0 Å². The summed E-state index contributed by atoms with van der Waals surface area (Å²) in [7, 11) is -3.25. The van der Waals surface area contributed by atoms with Gasteiger partial charge < -0.3 is 15.7 Å². The van der Waals surface area contributed by atoms with Gasteiger partial charge in [-0.15, -0.1) is 0 Å². The van der Waals surface area contributed by atoms with Crippen molar-refractivity contribution in [1.82, 2.24) is 10.6 Å². The quantitative estimate of drug-likeness (QED) is 0.599. The van der Waals surface area contributed by atoms with E-state index >= 15 is 0 Å². The van der Waals surface area contributed by atoms with E-state index in [1.165, 1.54) is 19.3 Å². The smallest absolute Gasteiger partial charge is 0.326 e. The van der Waals surface area contributed by atoms with E-state index < -0.39 is 27.9 Å². The minimum absolute atomic E-state index is 0.135. The number of carbonyl (C=O) groups excluding carboxylic acids is 1. The number of aliphatic carboxylic acids is 1. The van der Waals surface area contributed by atoms with Crippen molar-refractivity contribution < 1.29 is 23.1 Å². The number of hydrogen-bond donors (Lipinski definition) is 3. The zero-order valence-corrected chi connectivity index (χ0v) is 12.4. The van der Waals surface area contributed by atoms with E-state index in [-0.39, 0.29) is 12.2 Å². The van der Waals surface area contributed by atoms with Gasteiger partial charge in [0.2, 0.25) is 0 Å². The van der Waals surface area contributed by atoms with Crippen LogP contribution in [0.3, 0.4) is 0 Å². The van der Waals surface area contributed by atoms with Gasteiger partial charge in [-0.05, 0) is 18.8 Å². The van der Waals surface area contributed by atoms with E-state index in [0.717, 1.165) is 12.7 Å². The standard InChI is InChI=1S/C12H22N2O5S/c1-20(18,19)8-6-10(11(15)16)14-12(17)13-7-5-9-3-2-4-9/h9-10H,2-8H2,1H3,(H,15,16)(H2,13,14,17). The molecule has 1 aliphatic rings. The van der Waals surface area contributed by atoms with E-state index in [1.807, 2.05) is 0 Å². The van der Waals surface area contributed by atoms with Crippen molar-refractivity contribution in [1.29, 1.82) is 0 Å². The van der Waals surface area contributed by atoms with Gasteiger partial charge in [0.15, 0.2) is 0 Å². The monoisotopic (exact) mass is 306 g/mol. The Kier molecular flexibility index (Phi) is 6.25. The predicted molar refractivity (Wildman–Crippen MR) is 74.2 cm³/mol. The molecule has 8 heteroatoms. The summed E-state index contributed by atoms with van der Waals surface area (Å²) in [6.07, 6.45) is 5.41. The highest BCUT2D eigenvalue weighted by atomic mass is 32.2. The molecule has 0 spiro atoms. The molecule has 0 aliphatic heterocycles. The highest BCUT2D eigenvalue weighted by molar-refractivity contribution is 7.90. The number of sulfone groups is 1. The van der Waals surface area contributed by atoms with Crippen LogP contribution in [0.4, 0.5) is 4.79 Å². The average Bonchev–Trinajstić information content (AvgIpc) is 2.26. The molecule has 7 nitrogen and oxygen atoms in total. The molecule has 0 heterocycles. The maximum absolute atomic E-state index is 11.5. The Hall–Kier alpha value is -1.31. The fourth-order valence-electron chi connectivity index (χ4n) is 1.97. The molecule has 0 bridgehead atoms. The zero-order valence-electron chi connectivity index (χ0n) is 11.6. The third-order valence-electron chi connectivity index (χ3n) is 3.44. The molecule has 1 atom stereocenters. The van der Waals surface area contributed by atoms with E-state index in [1.54, 1.807) is 0 Å². The van der Waals surface area contributed by atoms with Crippen LogP contribution in [0.5, 0.6) is 0 Å². The molecule has 1 unspecified atom stereocenters. The first-order valence-electron chi connectivity index (χ1n) is 6.73. The second-order valence-electron chi connectivity index (χ2n) is 5.30. The summed E-state index contributed by atoms with van der Waals surface area (Å²) in [6, 6.07) is -1.75. The van der Waals surface area contributed by atoms with Crippen LogP contribution >= 0.6 is 0 Å². The lowest BCUT2D eigenvalue weighted by atomic mass is 9.83. The van der Waals surface area contributed by atoms with Crippen LogP contribution in [-0.4, -0.2) is 50.1 Å². The van der Waals surface area contributed by atoms with Crippen LogP contribution in [0.25, 0.3) is 0 Å². The molecule has 1 saturated carbocycles. The second kappa shape index (κ2) is 7.47. The highest BCUT2D eigenvalue weighted by Gasteiger charge is 2.22. The molecular formula is C12H22N2O5S. The van der Waals surface area contributed by atoms with Gasteiger partial charge in [0.05, 0.1) is 5.75 Å². The number of carboxylic acids is 1. The van der Waals surface area contributed by atoms with Crippen LogP contribution in [0.1, 0.15) is 32.1 Å². The molecule has 0 aromatic rings. The van der Waals surface area contributed by atoms with Crippen molar-refractivity contribution >= 4 is 21.8 Å². The highest BCUT2D eigenvalue weighted by Crippen LogP contribution is 2.28. The van der Waals surface area contributed by atoms with Gasteiger partial charge in [0, 0.05) is 12.8 Å². The van der Waals surface area contributed by atoms with Crippen LogP contribution in [0, 0.1) is 5.92 Å². The van der Waals surface area contributed by atoms with Crippen molar-refractivity contribution in [3.8, 4) is 0 Å². The summed E-state index contributed by atoms with van der Waals surface area (Å²) in [5, 5.41) is 13.8. The molecule has 0 aromatic carbocycles. The molecule has 3 N–H and O–H groups in total. The minimum Gasteiger partial charge on any atom is -0.480 e. The molecule has 0 aromatic heterocycles. The number of amides is 2. The molecule has 1 fully saturated rings. The van der Waals surface area contributed by atoms with Crippen LogP contribution in [0.15, 0.2) is 0 Å². The number of hydrogen-bond acceptors (Lipinski definition) is 4. The molecule has 20 heavy (non-hydrogen) atoms. The lowest BCUT2D eigenvalue weighted by Crippen LogP contribution is -2.47. The van der Waals surface area contributed by atoms with Crippen LogP contribution in [-0.2, 0) is 14.6 Å². The number of urea groups is 1. The molecule has 0 saturated heterocycles. The molecular weight excluding hydrogens is 284 g/mol. The number of carboxylic acid groups (broad SMARTS) is 1. The van der Waals surface area contributed by atoms with Crippen molar-refractivity contribution in [2.75, 3.05) is 18.6 Å². The maximum Gasteiger partial charge on any atom is 0.326 e. The van der Waals surface area contributed by atoms with Crippen molar-refractivity contribution in [3.63, 3.8) is 0 Å². The third kappa shape index (κ3) is 6.74. The van der Waals surface area contributed by atoms with Gasteiger partial charge in [-0.1, -0.05) is 19.3 Å². The second-order valence-corrected chi connectivity index (χ2v) is 7.55. The molecule has 2 amide bonds. The van der Waals surface area contributed by atoms with Crippen molar-refractivity contribution in [2.24, 2.45) is 5.92 Å². The largest absolute Gasteiger partial charge is 0.480 e. The van der Waals surface area contributed by atoms with E-state index in [0.29, 0.717) is 12.5 Å². The number of rotatable bonds is 8. The molecule has 1 rings (SSSR count). The first-order valence-corrected chi connectivity index (χ1v) is 8.79. The van der Waals surface area contributed by atoms with Gasteiger partial charge in [0.25, 0.3) is 0 Å². The van der Waals surface area contributed by atoms with E-state index in [4.69, 9.17) is 5.11 Å². The fraction of sp³-hybridized carbons (Fsp3) is 0.833. The van der Waals surface area contributed by atoms with Gasteiger partial charge in [-0.3, -0.25) is 0 Å². The first-order chi connectivity index (χ1) is 9.28. The number of nitrogens with one attached hydrogen (secondary N) is 2. The minimum atomic E-state index is -3.25. The summed E-state index contributed by atoms with van der Waals surface area (Å²) in [5.74, 6) is -0.842. The molecule has 1 aliphatic carbocycles. The topological polar surface area (TPSA) is 113 Å². The normalized spacial score (nSPS) is 17.1. The predicted octanol–water partition coefficient (Wildman–Crippen LogP) is 0.364. The summed E-state index contributed by atoms with van der Waals surface area (Å²) < 4.78 is 22.0. The molecule has 116 valence electrons. The summed E-state index contributed by atoms with van der Waals surface area (Å²) in [6.45, 7) is 0.509. The molecule has 0 radical (unpaired) electrons. The van der Waals surface area contributed by atoms with Crippen molar-refractivity contribution in [3.05, 3.63) is 0 Å². The zero-order chi connectivity index (χ0) is 15.2. The Balaban J connectivity index is 2.28. The lowest BCUT2D eigenvalue weighted by Gasteiger charge is -2.25. The third-order valence-corrected chi connectivity index (χ3v) is 4.42. The van der Waals surface area contributed by atoms with Crippen LogP contribution in [0.2, 0.25) is 0 Å².